The fraction of sp³-hybridized carbons (Fsp3) is 0.304. The quantitative estimate of drug-likeness (QED) is 0.745. The van der Waals surface area contributed by atoms with Gasteiger partial charge in [0, 0.05) is 24.3 Å². The summed E-state index contributed by atoms with van der Waals surface area (Å²) in [7, 11) is 0. The predicted octanol–water partition coefficient (Wildman–Crippen LogP) is 3.04. The predicted molar refractivity (Wildman–Crippen MR) is 112 cm³/mol. The molecule has 2 aromatic rings. The molecule has 3 rings (SSSR count). The number of nitrogens with one attached hydrogen (secondary N) is 1. The Bertz CT molecular complexity index is 1010. The summed E-state index contributed by atoms with van der Waals surface area (Å²) in [6.07, 6.45) is -0.204. The topological polar surface area (TPSA) is 99.5 Å². The molecule has 2 aromatic carbocycles. The number of hydrogen-bond acceptors (Lipinski definition) is 5. The molecule has 0 aliphatic carbocycles. The lowest BCUT2D eigenvalue weighted by Crippen LogP contribution is -2.33. The largest absolute Gasteiger partial charge is 0.452 e. The second-order valence-corrected chi connectivity index (χ2v) is 7.15. The maximum Gasteiger partial charge on any atom is 0.312 e. The number of anilines is 2. The van der Waals surface area contributed by atoms with Crippen LogP contribution in [-0.2, 0) is 25.5 Å². The number of ether oxygens (including phenoxy) is 1. The summed E-state index contributed by atoms with van der Waals surface area (Å²) in [5.74, 6) is -1.84. The molecule has 30 heavy (non-hydrogen) atoms. The standard InChI is InChI=1S/C23H23N3O4/c1-3-17-8-4-5-10-20(17)26-14-18(12-21(26)27)23(29)30-15(2)22(28)25-19-9-6-7-16(11-19)13-24/h4-11,15,18H,3,12,14H2,1-2H3,(H,25,28)/t15-,18-/m1/s1. The Morgan fingerprint density at radius 3 is 2.77 bits per heavy atom. The van der Waals surface area contributed by atoms with Crippen LogP contribution in [0.2, 0.25) is 0 Å². The molecule has 1 heterocycles. The third-order valence-corrected chi connectivity index (χ3v) is 5.04. The highest BCUT2D eigenvalue weighted by Gasteiger charge is 2.37. The van der Waals surface area contributed by atoms with Gasteiger partial charge >= 0.3 is 5.97 Å². The molecular formula is C23H23N3O4. The van der Waals surface area contributed by atoms with Crippen molar-refractivity contribution in [2.24, 2.45) is 5.92 Å². The molecule has 1 N–H and O–H groups in total. The molecule has 1 saturated heterocycles. The first-order valence-electron chi connectivity index (χ1n) is 9.82. The average molecular weight is 405 g/mol. The molecule has 1 aliphatic heterocycles. The molecule has 0 unspecified atom stereocenters. The van der Waals surface area contributed by atoms with Gasteiger partial charge in [-0.2, -0.15) is 5.26 Å². The molecule has 0 spiro atoms. The Kier molecular flexibility index (Phi) is 6.48. The zero-order chi connectivity index (χ0) is 21.7. The highest BCUT2D eigenvalue weighted by molar-refractivity contribution is 6.01. The van der Waals surface area contributed by atoms with Crippen molar-refractivity contribution in [3.05, 3.63) is 59.7 Å². The Hall–Kier alpha value is -3.66. The van der Waals surface area contributed by atoms with Gasteiger partial charge in [-0.25, -0.2) is 0 Å². The second-order valence-electron chi connectivity index (χ2n) is 7.15. The summed E-state index contributed by atoms with van der Waals surface area (Å²) < 4.78 is 5.32. The number of esters is 1. The van der Waals surface area contributed by atoms with Crippen LogP contribution in [0.25, 0.3) is 0 Å². The maximum absolute atomic E-state index is 12.6. The first-order valence-corrected chi connectivity index (χ1v) is 9.82. The molecule has 0 saturated carbocycles. The third-order valence-electron chi connectivity index (χ3n) is 5.04. The van der Waals surface area contributed by atoms with Crippen LogP contribution in [-0.4, -0.2) is 30.4 Å². The zero-order valence-corrected chi connectivity index (χ0v) is 16.9. The van der Waals surface area contributed by atoms with Gasteiger partial charge in [0.05, 0.1) is 17.6 Å². The highest BCUT2D eigenvalue weighted by atomic mass is 16.5. The van der Waals surface area contributed by atoms with Gasteiger partial charge in [0.1, 0.15) is 0 Å². The number of carbonyl (C=O) groups is 3. The van der Waals surface area contributed by atoms with E-state index in [1.807, 2.05) is 37.3 Å². The summed E-state index contributed by atoms with van der Waals surface area (Å²) in [5, 5.41) is 11.6. The van der Waals surface area contributed by atoms with E-state index in [4.69, 9.17) is 10.00 Å². The fourth-order valence-electron chi connectivity index (χ4n) is 3.41. The van der Waals surface area contributed by atoms with E-state index in [9.17, 15) is 14.4 Å². The van der Waals surface area contributed by atoms with Crippen LogP contribution in [0.3, 0.4) is 0 Å². The molecule has 0 radical (unpaired) electrons. The maximum atomic E-state index is 12.6. The van der Waals surface area contributed by atoms with Crippen molar-refractivity contribution in [1.82, 2.24) is 0 Å². The van der Waals surface area contributed by atoms with E-state index < -0.39 is 23.9 Å². The lowest BCUT2D eigenvalue weighted by Gasteiger charge is -2.20. The van der Waals surface area contributed by atoms with Crippen LogP contribution in [0.5, 0.6) is 0 Å². The van der Waals surface area contributed by atoms with Crippen LogP contribution in [0.4, 0.5) is 11.4 Å². The van der Waals surface area contributed by atoms with Gasteiger partial charge in [0.2, 0.25) is 5.91 Å². The zero-order valence-electron chi connectivity index (χ0n) is 16.9. The number of benzene rings is 2. The first-order chi connectivity index (χ1) is 14.4. The summed E-state index contributed by atoms with van der Waals surface area (Å²) in [5.41, 5.74) is 2.70. The van der Waals surface area contributed by atoms with E-state index in [2.05, 4.69) is 5.32 Å². The summed E-state index contributed by atoms with van der Waals surface area (Å²) in [6.45, 7) is 3.72. The number of nitrogens with zero attached hydrogens (tertiary/aromatic N) is 2. The van der Waals surface area contributed by atoms with Gasteiger partial charge < -0.3 is 15.0 Å². The Morgan fingerprint density at radius 1 is 1.27 bits per heavy atom. The fourth-order valence-corrected chi connectivity index (χ4v) is 3.41. The Morgan fingerprint density at radius 2 is 2.03 bits per heavy atom. The van der Waals surface area contributed by atoms with E-state index in [1.54, 1.807) is 23.1 Å². The van der Waals surface area contributed by atoms with Gasteiger partial charge in [-0.1, -0.05) is 31.2 Å². The van der Waals surface area contributed by atoms with Crippen LogP contribution in [0.15, 0.2) is 48.5 Å². The number of nitriles is 1. The van der Waals surface area contributed by atoms with Crippen molar-refractivity contribution in [2.75, 3.05) is 16.8 Å². The molecular weight excluding hydrogens is 382 g/mol. The number of hydrogen-bond donors (Lipinski definition) is 1. The minimum absolute atomic E-state index is 0.0510. The van der Waals surface area contributed by atoms with E-state index in [0.717, 1.165) is 17.7 Å². The molecule has 1 fully saturated rings. The molecule has 7 heteroatoms. The van der Waals surface area contributed by atoms with Crippen molar-refractivity contribution < 1.29 is 19.1 Å². The number of rotatable bonds is 6. The Balaban J connectivity index is 1.61. The first kappa shape index (κ1) is 21.1. The molecule has 0 aromatic heterocycles. The van der Waals surface area contributed by atoms with Crippen LogP contribution in [0, 0.1) is 17.2 Å². The monoisotopic (exact) mass is 405 g/mol. The van der Waals surface area contributed by atoms with Crippen LogP contribution in [0.1, 0.15) is 31.4 Å². The number of aryl methyl sites for hydroxylation is 1. The van der Waals surface area contributed by atoms with Gasteiger partial charge in [-0.05, 0) is 43.2 Å². The van der Waals surface area contributed by atoms with Gasteiger partial charge in [0.15, 0.2) is 6.10 Å². The normalized spacial score (nSPS) is 16.6. The minimum Gasteiger partial charge on any atom is -0.452 e. The average Bonchev–Trinajstić information content (AvgIpc) is 3.15. The van der Waals surface area contributed by atoms with Gasteiger partial charge in [-0.3, -0.25) is 14.4 Å². The van der Waals surface area contributed by atoms with Gasteiger partial charge in [-0.15, -0.1) is 0 Å². The summed E-state index contributed by atoms with van der Waals surface area (Å²) in [4.78, 5) is 39.0. The molecule has 0 bridgehead atoms. The molecule has 7 nitrogen and oxygen atoms in total. The van der Waals surface area contributed by atoms with Crippen LogP contribution < -0.4 is 10.2 Å². The molecule has 2 atom stereocenters. The van der Waals surface area contributed by atoms with Crippen molar-refractivity contribution in [3.63, 3.8) is 0 Å². The second kappa shape index (κ2) is 9.23. The van der Waals surface area contributed by atoms with E-state index >= 15 is 0 Å². The van der Waals surface area contributed by atoms with Crippen molar-refractivity contribution in [1.29, 1.82) is 5.26 Å². The van der Waals surface area contributed by atoms with Crippen molar-refractivity contribution in [3.8, 4) is 6.07 Å². The molecule has 154 valence electrons. The summed E-state index contributed by atoms with van der Waals surface area (Å²) in [6, 6.07) is 16.1. The lowest BCUT2D eigenvalue weighted by molar-refractivity contribution is -0.157. The van der Waals surface area contributed by atoms with Crippen molar-refractivity contribution in [2.45, 2.75) is 32.8 Å². The van der Waals surface area contributed by atoms with E-state index in [1.165, 1.54) is 13.0 Å². The number of para-hydroxylation sites is 1. The van der Waals surface area contributed by atoms with E-state index in [0.29, 0.717) is 11.3 Å². The smallest absolute Gasteiger partial charge is 0.312 e. The Labute approximate surface area is 175 Å². The molecule has 1 aliphatic rings. The lowest BCUT2D eigenvalue weighted by atomic mass is 10.1. The van der Waals surface area contributed by atoms with Crippen LogP contribution >= 0.6 is 0 Å². The van der Waals surface area contributed by atoms with E-state index in [-0.39, 0.29) is 18.9 Å². The minimum atomic E-state index is -1.03. The summed E-state index contributed by atoms with van der Waals surface area (Å²) >= 11 is 0. The number of carbonyl (C=O) groups excluding carboxylic acids is 3. The highest BCUT2D eigenvalue weighted by Crippen LogP contribution is 2.29. The SMILES string of the molecule is CCc1ccccc1N1C[C@H](C(=O)O[C@H](C)C(=O)Nc2cccc(C#N)c2)CC1=O. The number of amides is 2. The van der Waals surface area contributed by atoms with Crippen molar-refractivity contribution >= 4 is 29.2 Å². The van der Waals surface area contributed by atoms with Gasteiger partial charge in [0.25, 0.3) is 5.91 Å². The molecule has 2 amide bonds. The third kappa shape index (κ3) is 4.66.